The highest BCUT2D eigenvalue weighted by Gasteiger charge is 2.44. The van der Waals surface area contributed by atoms with E-state index in [2.05, 4.69) is 5.32 Å². The maximum atomic E-state index is 12.8. The Bertz CT molecular complexity index is 1030. The number of ether oxygens (including phenoxy) is 3. The van der Waals surface area contributed by atoms with E-state index in [9.17, 15) is 19.2 Å². The summed E-state index contributed by atoms with van der Waals surface area (Å²) in [5, 5.41) is 2.59. The molecule has 1 N–H and O–H groups in total. The zero-order valence-corrected chi connectivity index (χ0v) is 18.2. The van der Waals surface area contributed by atoms with Gasteiger partial charge in [-0.15, -0.1) is 0 Å². The fourth-order valence-electron chi connectivity index (χ4n) is 3.46. The molecule has 3 rings (SSSR count). The van der Waals surface area contributed by atoms with Crippen molar-refractivity contribution in [3.05, 3.63) is 53.6 Å². The number of hydrogen-bond acceptors (Lipinski definition) is 7. The van der Waals surface area contributed by atoms with Gasteiger partial charge < -0.3 is 19.5 Å². The average Bonchev–Trinajstić information content (AvgIpc) is 3.03. The number of amides is 3. The number of carbonyl (C=O) groups excluding carboxylic acids is 4. The molecule has 0 aliphatic carbocycles. The van der Waals surface area contributed by atoms with Crippen molar-refractivity contribution in [1.29, 1.82) is 0 Å². The molecule has 9 nitrogen and oxygen atoms in total. The molecule has 9 heteroatoms. The minimum atomic E-state index is -1.17. The fourth-order valence-corrected chi connectivity index (χ4v) is 3.46. The van der Waals surface area contributed by atoms with Gasteiger partial charge in [0.2, 0.25) is 0 Å². The van der Waals surface area contributed by atoms with Crippen LogP contribution in [0.3, 0.4) is 0 Å². The number of carbonyl (C=O) groups is 4. The van der Waals surface area contributed by atoms with Crippen molar-refractivity contribution in [3.8, 4) is 11.5 Å². The second-order valence-corrected chi connectivity index (χ2v) is 7.44. The average molecular weight is 440 g/mol. The van der Waals surface area contributed by atoms with E-state index in [4.69, 9.17) is 14.2 Å². The zero-order valence-electron chi connectivity index (χ0n) is 18.2. The van der Waals surface area contributed by atoms with Crippen LogP contribution in [0.15, 0.2) is 42.5 Å². The molecule has 0 saturated heterocycles. The van der Waals surface area contributed by atoms with Gasteiger partial charge >= 0.3 is 5.97 Å². The largest absolute Gasteiger partial charge is 0.497 e. The van der Waals surface area contributed by atoms with Gasteiger partial charge in [-0.1, -0.05) is 26.0 Å². The van der Waals surface area contributed by atoms with Gasteiger partial charge in [-0.2, -0.15) is 0 Å². The lowest BCUT2D eigenvalue weighted by Crippen LogP contribution is -2.49. The summed E-state index contributed by atoms with van der Waals surface area (Å²) >= 11 is 0. The van der Waals surface area contributed by atoms with Crippen LogP contribution in [-0.2, 0) is 14.3 Å². The SMILES string of the molecule is COc1ccc(OC)c(NC(=O)COC(=O)C(C(C)C)N2C(=O)c3ccccc3C2=O)c1. The van der Waals surface area contributed by atoms with Crippen molar-refractivity contribution >= 4 is 29.4 Å². The molecule has 0 aromatic heterocycles. The smallest absolute Gasteiger partial charge is 0.330 e. The highest BCUT2D eigenvalue weighted by atomic mass is 16.5. The first kappa shape index (κ1) is 22.8. The third kappa shape index (κ3) is 4.41. The number of nitrogens with zero attached hydrogens (tertiary/aromatic N) is 1. The molecule has 0 spiro atoms. The number of fused-ring (bicyclic) bond motifs is 1. The molecule has 2 aromatic carbocycles. The topological polar surface area (TPSA) is 111 Å². The maximum absolute atomic E-state index is 12.8. The van der Waals surface area contributed by atoms with Crippen molar-refractivity contribution in [2.75, 3.05) is 26.1 Å². The van der Waals surface area contributed by atoms with Gasteiger partial charge in [0.1, 0.15) is 17.5 Å². The predicted octanol–water partition coefficient (Wildman–Crippen LogP) is 2.51. The van der Waals surface area contributed by atoms with Crippen LogP contribution < -0.4 is 14.8 Å². The van der Waals surface area contributed by atoms with Crippen molar-refractivity contribution in [2.45, 2.75) is 19.9 Å². The molecular formula is C23H24N2O7. The van der Waals surface area contributed by atoms with Crippen molar-refractivity contribution < 1.29 is 33.4 Å². The van der Waals surface area contributed by atoms with Crippen LogP contribution >= 0.6 is 0 Å². The van der Waals surface area contributed by atoms with E-state index in [1.54, 1.807) is 44.2 Å². The van der Waals surface area contributed by atoms with Gasteiger partial charge in [0, 0.05) is 6.07 Å². The predicted molar refractivity (Wildman–Crippen MR) is 115 cm³/mol. The highest BCUT2D eigenvalue weighted by molar-refractivity contribution is 6.22. The molecule has 168 valence electrons. The van der Waals surface area contributed by atoms with Crippen molar-refractivity contribution in [1.82, 2.24) is 4.90 Å². The zero-order chi connectivity index (χ0) is 23.4. The Kier molecular flexibility index (Phi) is 6.77. The molecule has 1 atom stereocenters. The van der Waals surface area contributed by atoms with Crippen LogP contribution in [0.2, 0.25) is 0 Å². The Labute approximate surface area is 185 Å². The number of imide groups is 1. The molecule has 1 aliphatic rings. The van der Waals surface area contributed by atoms with Gasteiger partial charge in [0.25, 0.3) is 17.7 Å². The van der Waals surface area contributed by atoms with Crippen LogP contribution in [0.25, 0.3) is 0 Å². The van der Waals surface area contributed by atoms with Crippen LogP contribution in [0.1, 0.15) is 34.6 Å². The van der Waals surface area contributed by atoms with Crippen LogP contribution in [-0.4, -0.2) is 55.5 Å². The summed E-state index contributed by atoms with van der Waals surface area (Å²) in [4.78, 5) is 51.6. The van der Waals surface area contributed by atoms with Crippen LogP contribution in [0, 0.1) is 5.92 Å². The molecule has 0 bridgehead atoms. The van der Waals surface area contributed by atoms with Gasteiger partial charge in [0.15, 0.2) is 6.61 Å². The first-order chi connectivity index (χ1) is 15.3. The quantitative estimate of drug-likeness (QED) is 0.496. The fraction of sp³-hybridized carbons (Fsp3) is 0.304. The first-order valence-corrected chi connectivity index (χ1v) is 9.94. The van der Waals surface area contributed by atoms with Crippen molar-refractivity contribution in [3.63, 3.8) is 0 Å². The monoisotopic (exact) mass is 440 g/mol. The van der Waals surface area contributed by atoms with E-state index in [0.29, 0.717) is 17.2 Å². The number of hydrogen-bond donors (Lipinski definition) is 1. The summed E-state index contributed by atoms with van der Waals surface area (Å²) in [5.41, 5.74) is 0.811. The van der Waals surface area contributed by atoms with E-state index >= 15 is 0 Å². The lowest BCUT2D eigenvalue weighted by atomic mass is 10.0. The molecule has 1 unspecified atom stereocenters. The molecule has 32 heavy (non-hydrogen) atoms. The summed E-state index contributed by atoms with van der Waals surface area (Å²) in [6.07, 6.45) is 0. The molecule has 1 aliphatic heterocycles. The van der Waals surface area contributed by atoms with E-state index < -0.39 is 42.3 Å². The molecular weight excluding hydrogens is 416 g/mol. The first-order valence-electron chi connectivity index (χ1n) is 9.94. The molecule has 0 radical (unpaired) electrons. The summed E-state index contributed by atoms with van der Waals surface area (Å²) in [7, 11) is 2.94. The van der Waals surface area contributed by atoms with E-state index in [-0.39, 0.29) is 11.1 Å². The standard InChI is InChI=1S/C23H24N2O7/c1-13(2)20(25-21(27)15-7-5-6-8-16(15)22(25)28)23(29)32-12-19(26)24-17-11-14(30-3)9-10-18(17)31-4/h5-11,13,20H,12H2,1-4H3,(H,24,26). The Morgan fingerprint density at radius 2 is 1.59 bits per heavy atom. The Hall–Kier alpha value is -3.88. The van der Waals surface area contributed by atoms with Crippen LogP contribution in [0.5, 0.6) is 11.5 Å². The summed E-state index contributed by atoms with van der Waals surface area (Å²) in [6.45, 7) is 2.78. The maximum Gasteiger partial charge on any atom is 0.330 e. The molecule has 2 aromatic rings. The third-order valence-corrected chi connectivity index (χ3v) is 5.00. The van der Waals surface area contributed by atoms with E-state index in [1.165, 1.54) is 26.4 Å². The number of rotatable bonds is 8. The van der Waals surface area contributed by atoms with Crippen LogP contribution in [0.4, 0.5) is 5.69 Å². The Morgan fingerprint density at radius 1 is 0.969 bits per heavy atom. The number of nitrogens with one attached hydrogen (secondary N) is 1. The van der Waals surface area contributed by atoms with E-state index in [0.717, 1.165) is 4.90 Å². The number of esters is 1. The lowest BCUT2D eigenvalue weighted by molar-refractivity contribution is -0.152. The second kappa shape index (κ2) is 9.51. The minimum absolute atomic E-state index is 0.235. The van der Waals surface area contributed by atoms with Gasteiger partial charge in [-0.05, 0) is 30.2 Å². The highest BCUT2D eigenvalue weighted by Crippen LogP contribution is 2.29. The summed E-state index contributed by atoms with van der Waals surface area (Å²) < 4.78 is 15.5. The molecule has 0 saturated carbocycles. The van der Waals surface area contributed by atoms with Gasteiger partial charge in [0.05, 0.1) is 31.0 Å². The minimum Gasteiger partial charge on any atom is -0.497 e. The number of benzene rings is 2. The number of methoxy groups -OCH3 is 2. The van der Waals surface area contributed by atoms with Crippen molar-refractivity contribution in [2.24, 2.45) is 5.92 Å². The number of anilines is 1. The summed E-state index contributed by atoms with van der Waals surface area (Å²) in [6, 6.07) is 10.1. The Morgan fingerprint density at radius 3 is 2.12 bits per heavy atom. The molecule has 3 amide bonds. The lowest BCUT2D eigenvalue weighted by Gasteiger charge is -2.27. The molecule has 1 heterocycles. The Balaban J connectivity index is 1.70. The van der Waals surface area contributed by atoms with Gasteiger partial charge in [-0.25, -0.2) is 4.79 Å². The normalized spacial score (nSPS) is 13.6. The second-order valence-electron chi connectivity index (χ2n) is 7.44. The van der Waals surface area contributed by atoms with Gasteiger partial charge in [-0.3, -0.25) is 19.3 Å². The molecule has 0 fully saturated rings. The third-order valence-electron chi connectivity index (χ3n) is 5.00. The van der Waals surface area contributed by atoms with E-state index in [1.807, 2.05) is 0 Å². The summed E-state index contributed by atoms with van der Waals surface area (Å²) in [5.74, 6) is -2.11.